The van der Waals surface area contributed by atoms with Gasteiger partial charge in [-0.1, -0.05) is 25.1 Å². The molecular weight excluding hydrogens is 343 g/mol. The third kappa shape index (κ3) is 3.57. The van der Waals surface area contributed by atoms with Gasteiger partial charge in [0, 0.05) is 12.2 Å². The van der Waals surface area contributed by atoms with Gasteiger partial charge in [0.05, 0.1) is 4.90 Å². The zero-order valence-electron chi connectivity index (χ0n) is 13.8. The molecule has 1 aliphatic heterocycles. The van der Waals surface area contributed by atoms with E-state index >= 15 is 0 Å². The standard InChI is InChI=1S/C18H19FN2O3S/c1-2-13-5-3-4-6-17(13)25(23,24)20-16-11-12-21(18(16)22)15-9-7-14(19)8-10-15/h3-10,16,20H,2,11-12H2,1H3. The molecule has 7 heteroatoms. The largest absolute Gasteiger partial charge is 0.311 e. The van der Waals surface area contributed by atoms with E-state index in [0.29, 0.717) is 30.6 Å². The van der Waals surface area contributed by atoms with Crippen molar-refractivity contribution in [3.8, 4) is 0 Å². The van der Waals surface area contributed by atoms with Crippen LogP contribution in [0.4, 0.5) is 10.1 Å². The molecule has 1 saturated heterocycles. The minimum Gasteiger partial charge on any atom is -0.311 e. The number of amides is 1. The molecule has 1 heterocycles. The summed E-state index contributed by atoms with van der Waals surface area (Å²) < 4.78 is 40.9. The van der Waals surface area contributed by atoms with Crippen LogP contribution in [0.2, 0.25) is 0 Å². The summed E-state index contributed by atoms with van der Waals surface area (Å²) in [5, 5.41) is 0. The van der Waals surface area contributed by atoms with Gasteiger partial charge >= 0.3 is 0 Å². The summed E-state index contributed by atoms with van der Waals surface area (Å²) in [6, 6.07) is 11.5. The minimum absolute atomic E-state index is 0.200. The maximum Gasteiger partial charge on any atom is 0.245 e. The highest BCUT2D eigenvalue weighted by atomic mass is 32.2. The van der Waals surface area contributed by atoms with Crippen LogP contribution in [0.15, 0.2) is 53.4 Å². The lowest BCUT2D eigenvalue weighted by molar-refractivity contribution is -0.118. The van der Waals surface area contributed by atoms with Gasteiger partial charge in [0.1, 0.15) is 11.9 Å². The van der Waals surface area contributed by atoms with Crippen LogP contribution in [-0.2, 0) is 21.2 Å². The van der Waals surface area contributed by atoms with Crippen LogP contribution in [0.1, 0.15) is 18.9 Å². The predicted molar refractivity (Wildman–Crippen MR) is 93.3 cm³/mol. The summed E-state index contributed by atoms with van der Waals surface area (Å²) >= 11 is 0. The van der Waals surface area contributed by atoms with Gasteiger partial charge in [-0.2, -0.15) is 4.72 Å². The first kappa shape index (κ1) is 17.6. The van der Waals surface area contributed by atoms with Crippen molar-refractivity contribution in [2.24, 2.45) is 0 Å². The van der Waals surface area contributed by atoms with Crippen molar-refractivity contribution in [2.75, 3.05) is 11.4 Å². The molecule has 25 heavy (non-hydrogen) atoms. The summed E-state index contributed by atoms with van der Waals surface area (Å²) in [6.45, 7) is 2.26. The molecule has 1 atom stereocenters. The molecule has 2 aromatic carbocycles. The van der Waals surface area contributed by atoms with Gasteiger partial charge < -0.3 is 4.90 Å². The number of aryl methyl sites for hydroxylation is 1. The van der Waals surface area contributed by atoms with E-state index in [0.717, 1.165) is 0 Å². The number of rotatable bonds is 5. The Kier molecular flexibility index (Phi) is 4.87. The van der Waals surface area contributed by atoms with Gasteiger partial charge in [0.2, 0.25) is 15.9 Å². The van der Waals surface area contributed by atoms with Gasteiger partial charge in [-0.25, -0.2) is 12.8 Å². The Bertz CT molecular complexity index is 881. The highest BCUT2D eigenvalue weighted by Crippen LogP contribution is 2.24. The van der Waals surface area contributed by atoms with Crippen molar-refractivity contribution in [3.05, 3.63) is 59.9 Å². The quantitative estimate of drug-likeness (QED) is 0.889. The van der Waals surface area contributed by atoms with E-state index in [9.17, 15) is 17.6 Å². The first-order valence-electron chi connectivity index (χ1n) is 8.09. The van der Waals surface area contributed by atoms with Gasteiger partial charge in [0.15, 0.2) is 0 Å². The Morgan fingerprint density at radius 1 is 1.16 bits per heavy atom. The highest BCUT2D eigenvalue weighted by Gasteiger charge is 2.36. The number of hydrogen-bond donors (Lipinski definition) is 1. The molecule has 0 spiro atoms. The van der Waals surface area contributed by atoms with E-state index in [4.69, 9.17) is 0 Å². The Morgan fingerprint density at radius 3 is 2.52 bits per heavy atom. The third-order valence-electron chi connectivity index (χ3n) is 4.28. The Hall–Kier alpha value is -2.25. The second-order valence-electron chi connectivity index (χ2n) is 5.89. The van der Waals surface area contributed by atoms with Crippen LogP contribution in [-0.4, -0.2) is 26.9 Å². The molecule has 132 valence electrons. The Labute approximate surface area is 146 Å². The number of halogens is 1. The van der Waals surface area contributed by atoms with Crippen LogP contribution < -0.4 is 9.62 Å². The van der Waals surface area contributed by atoms with Crippen molar-refractivity contribution in [2.45, 2.75) is 30.7 Å². The monoisotopic (exact) mass is 362 g/mol. The highest BCUT2D eigenvalue weighted by molar-refractivity contribution is 7.89. The number of hydrogen-bond acceptors (Lipinski definition) is 3. The van der Waals surface area contributed by atoms with Gasteiger partial charge in [-0.3, -0.25) is 4.79 Å². The molecule has 1 fully saturated rings. The van der Waals surface area contributed by atoms with Crippen molar-refractivity contribution >= 4 is 21.6 Å². The number of carbonyl (C=O) groups excluding carboxylic acids is 1. The van der Waals surface area contributed by atoms with Crippen molar-refractivity contribution in [3.63, 3.8) is 0 Å². The molecule has 0 aromatic heterocycles. The number of carbonyl (C=O) groups is 1. The van der Waals surface area contributed by atoms with Crippen LogP contribution in [0.5, 0.6) is 0 Å². The Morgan fingerprint density at radius 2 is 1.84 bits per heavy atom. The van der Waals surface area contributed by atoms with E-state index in [1.165, 1.54) is 29.2 Å². The molecule has 1 amide bonds. The van der Waals surface area contributed by atoms with E-state index in [1.54, 1.807) is 24.3 Å². The van der Waals surface area contributed by atoms with Crippen molar-refractivity contribution in [1.82, 2.24) is 4.72 Å². The molecule has 1 unspecified atom stereocenters. The van der Waals surface area contributed by atoms with Crippen molar-refractivity contribution in [1.29, 1.82) is 0 Å². The maximum absolute atomic E-state index is 13.0. The molecule has 1 N–H and O–H groups in total. The number of anilines is 1. The fourth-order valence-corrected chi connectivity index (χ4v) is 4.51. The molecule has 3 rings (SSSR count). The minimum atomic E-state index is -3.79. The smallest absolute Gasteiger partial charge is 0.245 e. The molecule has 1 aliphatic rings. The van der Waals surface area contributed by atoms with E-state index in [-0.39, 0.29) is 16.6 Å². The zero-order valence-corrected chi connectivity index (χ0v) is 14.6. The fourth-order valence-electron chi connectivity index (χ4n) is 2.98. The van der Waals surface area contributed by atoms with Gasteiger partial charge in [-0.15, -0.1) is 0 Å². The van der Waals surface area contributed by atoms with Crippen molar-refractivity contribution < 1.29 is 17.6 Å². The summed E-state index contributed by atoms with van der Waals surface area (Å²) in [5.74, 6) is -0.715. The second-order valence-corrected chi connectivity index (χ2v) is 7.57. The predicted octanol–water partition coefficient (Wildman–Crippen LogP) is 2.47. The summed E-state index contributed by atoms with van der Waals surface area (Å²) in [6.07, 6.45) is 0.946. The molecule has 0 saturated carbocycles. The number of nitrogens with one attached hydrogen (secondary N) is 1. The molecule has 0 aliphatic carbocycles. The lowest BCUT2D eigenvalue weighted by atomic mass is 10.2. The van der Waals surface area contributed by atoms with Gasteiger partial charge in [0.25, 0.3) is 0 Å². The van der Waals surface area contributed by atoms with E-state index in [1.807, 2.05) is 6.92 Å². The Balaban J connectivity index is 1.79. The van der Waals surface area contributed by atoms with E-state index < -0.39 is 16.1 Å². The maximum atomic E-state index is 13.0. The normalized spacial score (nSPS) is 17.9. The first-order valence-corrected chi connectivity index (χ1v) is 9.58. The third-order valence-corrected chi connectivity index (χ3v) is 5.86. The number of nitrogens with zero attached hydrogens (tertiary/aromatic N) is 1. The zero-order chi connectivity index (χ0) is 18.0. The van der Waals surface area contributed by atoms with Crippen LogP contribution in [0.3, 0.4) is 0 Å². The SMILES string of the molecule is CCc1ccccc1S(=O)(=O)NC1CCN(c2ccc(F)cc2)C1=O. The fraction of sp³-hybridized carbons (Fsp3) is 0.278. The second kappa shape index (κ2) is 6.93. The van der Waals surface area contributed by atoms with Crippen LogP contribution in [0.25, 0.3) is 0 Å². The summed E-state index contributed by atoms with van der Waals surface area (Å²) in [5.41, 5.74) is 1.26. The molecule has 0 radical (unpaired) electrons. The summed E-state index contributed by atoms with van der Waals surface area (Å²) in [7, 11) is -3.79. The number of benzene rings is 2. The van der Waals surface area contributed by atoms with Gasteiger partial charge in [-0.05, 0) is 48.7 Å². The summed E-state index contributed by atoms with van der Waals surface area (Å²) in [4.78, 5) is 14.2. The topological polar surface area (TPSA) is 66.5 Å². The molecule has 2 aromatic rings. The van der Waals surface area contributed by atoms with Crippen LogP contribution >= 0.6 is 0 Å². The lowest BCUT2D eigenvalue weighted by Crippen LogP contribution is -2.41. The van der Waals surface area contributed by atoms with E-state index in [2.05, 4.69) is 4.72 Å². The average Bonchev–Trinajstić information content (AvgIpc) is 2.96. The average molecular weight is 362 g/mol. The number of sulfonamides is 1. The lowest BCUT2D eigenvalue weighted by Gasteiger charge is -2.18. The molecule has 0 bridgehead atoms. The van der Waals surface area contributed by atoms with Crippen LogP contribution in [0, 0.1) is 5.82 Å². The molecular formula is C18H19FN2O3S. The molecule has 5 nitrogen and oxygen atoms in total. The first-order chi connectivity index (χ1) is 11.9.